The summed E-state index contributed by atoms with van der Waals surface area (Å²) in [5.41, 5.74) is 7.89. The van der Waals surface area contributed by atoms with E-state index in [2.05, 4.69) is 4.99 Å². The van der Waals surface area contributed by atoms with Crippen molar-refractivity contribution in [2.75, 3.05) is 20.5 Å². The number of thioether (sulfide) groups is 1. The molecule has 0 fully saturated rings. The highest BCUT2D eigenvalue weighted by molar-refractivity contribution is 8.13. The van der Waals surface area contributed by atoms with Crippen molar-refractivity contribution in [1.29, 1.82) is 0 Å². The maximum absolute atomic E-state index is 6.12. The topological polar surface area (TPSA) is 66.1 Å². The first kappa shape index (κ1) is 16.4. The number of benzene rings is 1. The number of halogens is 1. The summed E-state index contributed by atoms with van der Waals surface area (Å²) in [6.45, 7) is 3.29. The minimum Gasteiger partial charge on any atom is -0.467 e. The summed E-state index contributed by atoms with van der Waals surface area (Å²) in [6, 6.07) is 3.80. The Hall–Kier alpha value is -0.950. The summed E-state index contributed by atoms with van der Waals surface area (Å²) < 4.78 is 15.9. The Kier molecular flexibility index (Phi) is 6.17. The molecule has 0 bridgehead atoms. The van der Waals surface area contributed by atoms with Crippen LogP contribution in [0.5, 0.6) is 5.75 Å². The first-order chi connectivity index (χ1) is 10.1. The Balaban J connectivity index is 2.04. The van der Waals surface area contributed by atoms with Crippen LogP contribution in [0.15, 0.2) is 17.1 Å². The van der Waals surface area contributed by atoms with Crippen molar-refractivity contribution in [3.05, 3.63) is 28.3 Å². The highest BCUT2D eigenvalue weighted by atomic mass is 35.5. The van der Waals surface area contributed by atoms with Gasteiger partial charge < -0.3 is 19.9 Å². The van der Waals surface area contributed by atoms with Gasteiger partial charge in [-0.3, -0.25) is 4.99 Å². The molecule has 1 heterocycles. The molecule has 0 aromatic heterocycles. The Morgan fingerprint density at radius 3 is 3.14 bits per heavy atom. The summed E-state index contributed by atoms with van der Waals surface area (Å²) >= 11 is 7.58. The van der Waals surface area contributed by atoms with Gasteiger partial charge in [-0.2, -0.15) is 0 Å². The maximum atomic E-state index is 6.12. The Bertz CT molecular complexity index is 525. The lowest BCUT2D eigenvalue weighted by atomic mass is 10.1. The summed E-state index contributed by atoms with van der Waals surface area (Å²) in [5.74, 6) is 1.49. The standard InChI is InChI=1S/C14H19ClN2O3S/c1-9(5-18-2)17-14(16)21-7-11-4-12(15)3-10-6-19-8-20-13(10)11/h3-4,9H,5-8H2,1-2H3,(H2,16,17)/t9-/m0/s1. The molecular formula is C14H19ClN2O3S. The van der Waals surface area contributed by atoms with Gasteiger partial charge in [-0.25, -0.2) is 0 Å². The van der Waals surface area contributed by atoms with Crippen LogP contribution in [-0.4, -0.2) is 31.7 Å². The molecule has 1 atom stereocenters. The summed E-state index contributed by atoms with van der Waals surface area (Å²) in [6.07, 6.45) is 0. The number of hydrogen-bond acceptors (Lipinski definition) is 5. The first-order valence-electron chi connectivity index (χ1n) is 6.57. The largest absolute Gasteiger partial charge is 0.467 e. The molecule has 5 nitrogen and oxygen atoms in total. The van der Waals surface area contributed by atoms with E-state index in [4.69, 9.17) is 31.5 Å². The average Bonchev–Trinajstić information content (AvgIpc) is 2.44. The third kappa shape index (κ3) is 4.78. The van der Waals surface area contributed by atoms with Crippen LogP contribution >= 0.6 is 23.4 Å². The predicted molar refractivity (Wildman–Crippen MR) is 86.0 cm³/mol. The molecule has 1 aliphatic heterocycles. The molecule has 0 unspecified atom stereocenters. The van der Waals surface area contributed by atoms with E-state index in [9.17, 15) is 0 Å². The number of hydrogen-bond donors (Lipinski definition) is 1. The van der Waals surface area contributed by atoms with Crippen LogP contribution in [0.3, 0.4) is 0 Å². The third-order valence-electron chi connectivity index (χ3n) is 2.88. The van der Waals surface area contributed by atoms with E-state index < -0.39 is 0 Å². The molecule has 2 rings (SSSR count). The number of rotatable bonds is 5. The number of fused-ring (bicyclic) bond motifs is 1. The average molecular weight is 331 g/mol. The number of aliphatic imine (C=N–C) groups is 1. The lowest BCUT2D eigenvalue weighted by Crippen LogP contribution is -2.16. The van der Waals surface area contributed by atoms with Crippen molar-refractivity contribution in [3.8, 4) is 5.75 Å². The van der Waals surface area contributed by atoms with Gasteiger partial charge in [-0.1, -0.05) is 23.4 Å². The molecule has 1 aromatic carbocycles. The third-order valence-corrected chi connectivity index (χ3v) is 3.96. The second-order valence-electron chi connectivity index (χ2n) is 4.72. The molecule has 7 heteroatoms. The van der Waals surface area contributed by atoms with Crippen LogP contribution in [-0.2, 0) is 21.8 Å². The van der Waals surface area contributed by atoms with E-state index in [1.807, 2.05) is 19.1 Å². The second-order valence-corrected chi connectivity index (χ2v) is 6.16. The summed E-state index contributed by atoms with van der Waals surface area (Å²) in [4.78, 5) is 4.35. The van der Waals surface area contributed by atoms with Crippen molar-refractivity contribution < 1.29 is 14.2 Å². The highest BCUT2D eigenvalue weighted by Crippen LogP contribution is 2.33. The molecule has 0 saturated heterocycles. The molecular weight excluding hydrogens is 312 g/mol. The molecule has 0 spiro atoms. The lowest BCUT2D eigenvalue weighted by molar-refractivity contribution is -0.0168. The van der Waals surface area contributed by atoms with E-state index in [0.717, 1.165) is 16.9 Å². The van der Waals surface area contributed by atoms with Crippen LogP contribution < -0.4 is 10.5 Å². The maximum Gasteiger partial charge on any atom is 0.189 e. The number of methoxy groups -OCH3 is 1. The van der Waals surface area contributed by atoms with Gasteiger partial charge in [0.25, 0.3) is 0 Å². The van der Waals surface area contributed by atoms with Crippen molar-refractivity contribution in [1.82, 2.24) is 0 Å². The van der Waals surface area contributed by atoms with Gasteiger partial charge in [0.1, 0.15) is 5.75 Å². The van der Waals surface area contributed by atoms with Crippen molar-refractivity contribution >= 4 is 28.5 Å². The molecule has 0 saturated carbocycles. The van der Waals surface area contributed by atoms with Crippen molar-refractivity contribution in [2.45, 2.75) is 25.3 Å². The van der Waals surface area contributed by atoms with Crippen molar-refractivity contribution in [2.24, 2.45) is 10.7 Å². The normalized spacial score (nSPS) is 16.2. The monoisotopic (exact) mass is 330 g/mol. The number of nitrogens with two attached hydrogens (primary N) is 1. The highest BCUT2D eigenvalue weighted by Gasteiger charge is 2.16. The van der Waals surface area contributed by atoms with E-state index in [1.165, 1.54) is 11.8 Å². The Morgan fingerprint density at radius 1 is 1.57 bits per heavy atom. The van der Waals surface area contributed by atoms with Crippen LogP contribution in [0, 0.1) is 0 Å². The zero-order chi connectivity index (χ0) is 15.2. The SMILES string of the molecule is COC[C@H](C)N=C(N)SCc1cc(Cl)cc2c1OCOC2. The molecule has 21 heavy (non-hydrogen) atoms. The van der Waals surface area contributed by atoms with Gasteiger partial charge in [0.05, 0.1) is 19.3 Å². The van der Waals surface area contributed by atoms with Crippen molar-refractivity contribution in [3.63, 3.8) is 0 Å². The fourth-order valence-electron chi connectivity index (χ4n) is 2.05. The molecule has 116 valence electrons. The number of nitrogens with zero attached hydrogens (tertiary/aromatic N) is 1. The first-order valence-corrected chi connectivity index (χ1v) is 7.93. The van der Waals surface area contributed by atoms with E-state index >= 15 is 0 Å². The minimum atomic E-state index is 0.0421. The van der Waals surface area contributed by atoms with Gasteiger partial charge in [0.2, 0.25) is 0 Å². The smallest absolute Gasteiger partial charge is 0.189 e. The Morgan fingerprint density at radius 2 is 2.38 bits per heavy atom. The second kappa shape index (κ2) is 7.89. The number of ether oxygens (including phenoxy) is 3. The van der Waals surface area contributed by atoms with Gasteiger partial charge in [0.15, 0.2) is 12.0 Å². The minimum absolute atomic E-state index is 0.0421. The molecule has 1 aromatic rings. The zero-order valence-electron chi connectivity index (χ0n) is 12.1. The number of amidine groups is 1. The predicted octanol–water partition coefficient (Wildman–Crippen LogP) is 2.79. The van der Waals surface area contributed by atoms with Crippen LogP contribution in [0.1, 0.15) is 18.1 Å². The summed E-state index contributed by atoms with van der Waals surface area (Å²) in [7, 11) is 1.65. The summed E-state index contributed by atoms with van der Waals surface area (Å²) in [5, 5.41) is 1.20. The molecule has 2 N–H and O–H groups in total. The van der Waals surface area contributed by atoms with Gasteiger partial charge >= 0.3 is 0 Å². The fourth-order valence-corrected chi connectivity index (χ4v) is 3.08. The van der Waals surface area contributed by atoms with E-state index in [1.54, 1.807) is 7.11 Å². The zero-order valence-corrected chi connectivity index (χ0v) is 13.7. The molecule has 0 amide bonds. The quantitative estimate of drug-likeness (QED) is 0.664. The fraction of sp³-hybridized carbons (Fsp3) is 0.500. The molecule has 0 aliphatic carbocycles. The molecule has 0 radical (unpaired) electrons. The van der Waals surface area contributed by atoms with Gasteiger partial charge in [-0.15, -0.1) is 0 Å². The Labute approximate surface area is 133 Å². The van der Waals surface area contributed by atoms with E-state index in [0.29, 0.717) is 29.2 Å². The van der Waals surface area contributed by atoms with Crippen LogP contribution in [0.25, 0.3) is 0 Å². The van der Waals surface area contributed by atoms with Crippen LogP contribution in [0.2, 0.25) is 5.02 Å². The van der Waals surface area contributed by atoms with Gasteiger partial charge in [-0.05, 0) is 19.1 Å². The lowest BCUT2D eigenvalue weighted by Gasteiger charge is -2.21. The molecule has 1 aliphatic rings. The van der Waals surface area contributed by atoms with Crippen LogP contribution in [0.4, 0.5) is 0 Å². The van der Waals surface area contributed by atoms with Gasteiger partial charge in [0, 0.05) is 29.0 Å². The van der Waals surface area contributed by atoms with E-state index in [-0.39, 0.29) is 12.8 Å².